The van der Waals surface area contributed by atoms with Gasteiger partial charge in [-0.1, -0.05) is 19.1 Å². The van der Waals surface area contributed by atoms with Gasteiger partial charge in [-0.05, 0) is 49.2 Å². The van der Waals surface area contributed by atoms with Crippen molar-refractivity contribution in [2.24, 2.45) is 0 Å². The second kappa shape index (κ2) is 6.37. The molecule has 0 amide bonds. The van der Waals surface area contributed by atoms with Crippen LogP contribution in [0.4, 0.5) is 0 Å². The number of aryl methyl sites for hydroxylation is 2. The molecule has 2 heterocycles. The van der Waals surface area contributed by atoms with Crippen molar-refractivity contribution in [3.63, 3.8) is 0 Å². The maximum Gasteiger partial charge on any atom is 0.0705 e. The Balaban J connectivity index is 1.63. The summed E-state index contributed by atoms with van der Waals surface area (Å²) in [4.78, 5) is 7.40. The predicted octanol–water partition coefficient (Wildman–Crippen LogP) is 4.46. The van der Waals surface area contributed by atoms with Gasteiger partial charge in [0.05, 0.1) is 5.52 Å². The Morgan fingerprint density at radius 1 is 1.00 bits per heavy atom. The first-order valence-electron chi connectivity index (χ1n) is 7.39. The third-order valence-corrected chi connectivity index (χ3v) is 4.82. The number of nitrogens with one attached hydrogen (secondary N) is 1. The average Bonchev–Trinajstić information content (AvgIpc) is 2.95. The van der Waals surface area contributed by atoms with E-state index >= 15 is 0 Å². The summed E-state index contributed by atoms with van der Waals surface area (Å²) in [6, 6.07) is 15.2. The van der Waals surface area contributed by atoms with E-state index in [4.69, 9.17) is 0 Å². The van der Waals surface area contributed by atoms with Gasteiger partial charge in [0.25, 0.3) is 0 Å². The van der Waals surface area contributed by atoms with Gasteiger partial charge in [-0.15, -0.1) is 11.3 Å². The Bertz CT molecular complexity index is 746. The van der Waals surface area contributed by atoms with E-state index in [9.17, 15) is 0 Å². The summed E-state index contributed by atoms with van der Waals surface area (Å²) in [6.45, 7) is 6.06. The molecule has 0 aliphatic carbocycles. The number of thiophene rings is 1. The lowest BCUT2D eigenvalue weighted by Crippen LogP contribution is -2.11. The molecule has 2 nitrogen and oxygen atoms in total. The van der Waals surface area contributed by atoms with Crippen LogP contribution in [0.2, 0.25) is 0 Å². The SMILES string of the molecule is CCc1ccc(CNCc2ccc3nc(C)ccc3c2)s1. The Morgan fingerprint density at radius 2 is 1.86 bits per heavy atom. The van der Waals surface area contributed by atoms with Crippen molar-refractivity contribution in [2.75, 3.05) is 0 Å². The van der Waals surface area contributed by atoms with E-state index in [1.165, 1.54) is 20.7 Å². The largest absolute Gasteiger partial charge is 0.308 e. The van der Waals surface area contributed by atoms with Crippen LogP contribution < -0.4 is 5.32 Å². The van der Waals surface area contributed by atoms with Crippen LogP contribution in [0.3, 0.4) is 0 Å². The van der Waals surface area contributed by atoms with Gasteiger partial charge in [0.15, 0.2) is 0 Å². The van der Waals surface area contributed by atoms with Crippen LogP contribution in [0.5, 0.6) is 0 Å². The fourth-order valence-corrected chi connectivity index (χ4v) is 3.35. The summed E-state index contributed by atoms with van der Waals surface area (Å²) >= 11 is 1.90. The van der Waals surface area contributed by atoms with Crippen LogP contribution in [0.1, 0.15) is 27.9 Å². The second-order valence-electron chi connectivity index (χ2n) is 5.30. The normalized spacial score (nSPS) is 11.1. The van der Waals surface area contributed by atoms with Crippen LogP contribution in [0.25, 0.3) is 10.9 Å². The van der Waals surface area contributed by atoms with Gasteiger partial charge in [-0.25, -0.2) is 0 Å². The van der Waals surface area contributed by atoms with E-state index in [0.29, 0.717) is 0 Å². The monoisotopic (exact) mass is 296 g/mol. The molecule has 3 heteroatoms. The van der Waals surface area contributed by atoms with Crippen molar-refractivity contribution in [1.29, 1.82) is 0 Å². The molecule has 1 aromatic carbocycles. The minimum Gasteiger partial charge on any atom is -0.308 e. The minimum absolute atomic E-state index is 0.892. The number of hydrogen-bond donors (Lipinski definition) is 1. The van der Waals surface area contributed by atoms with Crippen LogP contribution in [0.15, 0.2) is 42.5 Å². The molecule has 0 saturated carbocycles. The van der Waals surface area contributed by atoms with Gasteiger partial charge < -0.3 is 5.32 Å². The van der Waals surface area contributed by atoms with Gasteiger partial charge in [-0.3, -0.25) is 4.98 Å². The number of benzene rings is 1. The highest BCUT2D eigenvalue weighted by Crippen LogP contribution is 2.17. The highest BCUT2D eigenvalue weighted by molar-refractivity contribution is 7.11. The maximum absolute atomic E-state index is 4.54. The zero-order chi connectivity index (χ0) is 14.7. The first kappa shape index (κ1) is 14.2. The molecule has 1 N–H and O–H groups in total. The van der Waals surface area contributed by atoms with Gasteiger partial charge >= 0.3 is 0 Å². The van der Waals surface area contributed by atoms with E-state index in [2.05, 4.69) is 59.7 Å². The molecule has 2 aromatic heterocycles. The lowest BCUT2D eigenvalue weighted by atomic mass is 10.1. The van der Waals surface area contributed by atoms with Crippen molar-refractivity contribution >= 4 is 22.2 Å². The molecular formula is C18H20N2S. The molecule has 3 rings (SSSR count). The average molecular weight is 296 g/mol. The number of nitrogens with zero attached hydrogens (tertiary/aromatic N) is 1. The summed E-state index contributed by atoms with van der Waals surface area (Å²) in [5.74, 6) is 0. The quantitative estimate of drug-likeness (QED) is 0.752. The zero-order valence-electron chi connectivity index (χ0n) is 12.5. The first-order chi connectivity index (χ1) is 10.2. The van der Waals surface area contributed by atoms with Crippen LogP contribution in [-0.4, -0.2) is 4.98 Å². The Hall–Kier alpha value is -1.71. The summed E-state index contributed by atoms with van der Waals surface area (Å²) in [6.07, 6.45) is 1.13. The molecule has 0 aliphatic heterocycles. The Labute approximate surface area is 129 Å². The van der Waals surface area contributed by atoms with Crippen LogP contribution in [-0.2, 0) is 19.5 Å². The third-order valence-electron chi connectivity index (χ3n) is 3.59. The number of hydrogen-bond acceptors (Lipinski definition) is 3. The summed E-state index contributed by atoms with van der Waals surface area (Å²) < 4.78 is 0. The lowest BCUT2D eigenvalue weighted by Gasteiger charge is -2.05. The van der Waals surface area contributed by atoms with Crippen LogP contribution in [0, 0.1) is 6.92 Å². The van der Waals surface area contributed by atoms with Crippen molar-refractivity contribution in [1.82, 2.24) is 10.3 Å². The lowest BCUT2D eigenvalue weighted by molar-refractivity contribution is 0.701. The smallest absolute Gasteiger partial charge is 0.0705 e. The van der Waals surface area contributed by atoms with Gasteiger partial charge in [-0.2, -0.15) is 0 Å². The van der Waals surface area contributed by atoms with Crippen molar-refractivity contribution in [3.8, 4) is 0 Å². The fraction of sp³-hybridized carbons (Fsp3) is 0.278. The van der Waals surface area contributed by atoms with E-state index < -0.39 is 0 Å². The number of fused-ring (bicyclic) bond motifs is 1. The van der Waals surface area contributed by atoms with Crippen LogP contribution >= 0.6 is 11.3 Å². The minimum atomic E-state index is 0.892. The van der Waals surface area contributed by atoms with Crippen molar-refractivity contribution in [2.45, 2.75) is 33.4 Å². The molecule has 3 aromatic rings. The number of aromatic nitrogens is 1. The summed E-state index contributed by atoms with van der Waals surface area (Å²) in [7, 11) is 0. The van der Waals surface area contributed by atoms with E-state index in [0.717, 1.165) is 30.7 Å². The topological polar surface area (TPSA) is 24.9 Å². The molecule has 0 atom stereocenters. The highest BCUT2D eigenvalue weighted by Gasteiger charge is 2.00. The molecule has 0 saturated heterocycles. The summed E-state index contributed by atoms with van der Waals surface area (Å²) in [5, 5.41) is 4.73. The van der Waals surface area contributed by atoms with E-state index in [1.54, 1.807) is 0 Å². The maximum atomic E-state index is 4.54. The third kappa shape index (κ3) is 3.49. The molecule has 0 bridgehead atoms. The zero-order valence-corrected chi connectivity index (χ0v) is 13.3. The number of pyridine rings is 1. The summed E-state index contributed by atoms with van der Waals surface area (Å²) in [5.41, 5.74) is 3.45. The standard InChI is InChI=1S/C18H20N2S/c1-3-16-7-8-17(21-16)12-19-11-14-5-9-18-15(10-14)6-4-13(2)20-18/h4-10,19H,3,11-12H2,1-2H3. The molecule has 0 radical (unpaired) electrons. The fourth-order valence-electron chi connectivity index (χ4n) is 2.42. The molecule has 0 aliphatic rings. The second-order valence-corrected chi connectivity index (χ2v) is 6.56. The number of rotatable bonds is 5. The Morgan fingerprint density at radius 3 is 2.67 bits per heavy atom. The van der Waals surface area contributed by atoms with Gasteiger partial charge in [0.2, 0.25) is 0 Å². The first-order valence-corrected chi connectivity index (χ1v) is 8.21. The van der Waals surface area contributed by atoms with Crippen molar-refractivity contribution < 1.29 is 0 Å². The molecule has 108 valence electrons. The highest BCUT2D eigenvalue weighted by atomic mass is 32.1. The Kier molecular flexibility index (Phi) is 4.32. The predicted molar refractivity (Wildman–Crippen MR) is 90.7 cm³/mol. The van der Waals surface area contributed by atoms with Crippen molar-refractivity contribution in [3.05, 3.63) is 63.5 Å². The molecule has 21 heavy (non-hydrogen) atoms. The molecular weight excluding hydrogens is 276 g/mol. The van der Waals surface area contributed by atoms with E-state index in [1.807, 2.05) is 18.3 Å². The molecule has 0 spiro atoms. The van der Waals surface area contributed by atoms with Gasteiger partial charge in [0.1, 0.15) is 0 Å². The molecule has 0 unspecified atom stereocenters. The van der Waals surface area contributed by atoms with E-state index in [-0.39, 0.29) is 0 Å². The molecule has 0 fully saturated rings. The van der Waals surface area contributed by atoms with Gasteiger partial charge in [0, 0.05) is 33.9 Å².